The van der Waals surface area contributed by atoms with E-state index in [1.54, 1.807) is 0 Å². The Hall–Kier alpha value is -2.03. The number of carbonyl (C=O) groups excluding carboxylic acids is 1. The van der Waals surface area contributed by atoms with Gasteiger partial charge in [0.15, 0.2) is 0 Å². The summed E-state index contributed by atoms with van der Waals surface area (Å²) in [6.07, 6.45) is 6.61. The molecule has 3 rings (SSSR count). The molecule has 4 N–H and O–H groups in total. The lowest BCUT2D eigenvalue weighted by Gasteiger charge is -2.38. The predicted octanol–water partition coefficient (Wildman–Crippen LogP) is 4.56. The van der Waals surface area contributed by atoms with E-state index in [1.807, 2.05) is 37.1 Å². The van der Waals surface area contributed by atoms with Gasteiger partial charge >= 0.3 is 12.1 Å². The van der Waals surface area contributed by atoms with Crippen LogP contribution >= 0.6 is 11.6 Å². The molecule has 8 nitrogen and oxygen atoms in total. The zero-order valence-corrected chi connectivity index (χ0v) is 21.8. The topological polar surface area (TPSA) is 103 Å². The smallest absolute Gasteiger partial charge is 0.404 e. The number of likely N-dealkylation sites (N-methyl/N-ethyl adjacent to an activating group) is 1. The highest BCUT2D eigenvalue weighted by atomic mass is 35.5. The summed E-state index contributed by atoms with van der Waals surface area (Å²) < 4.78 is 6.24. The second-order valence-electron chi connectivity index (χ2n) is 9.96. The van der Waals surface area contributed by atoms with Gasteiger partial charge in [-0.15, -0.1) is 0 Å². The number of aryl methyl sites for hydroxylation is 1. The van der Waals surface area contributed by atoms with Crippen molar-refractivity contribution < 1.29 is 19.4 Å². The highest BCUT2D eigenvalue weighted by Gasteiger charge is 2.33. The van der Waals surface area contributed by atoms with Gasteiger partial charge in [0.25, 0.3) is 0 Å². The van der Waals surface area contributed by atoms with Crippen molar-refractivity contribution in [3.05, 3.63) is 34.3 Å². The summed E-state index contributed by atoms with van der Waals surface area (Å²) in [6.45, 7) is 4.55. The van der Waals surface area contributed by atoms with Gasteiger partial charge in [-0.25, -0.2) is 9.59 Å². The second kappa shape index (κ2) is 13.9. The zero-order chi connectivity index (χ0) is 25.2. The Labute approximate surface area is 214 Å². The number of nitrogens with one attached hydrogen (secondary N) is 3. The second-order valence-corrected chi connectivity index (χ2v) is 10.4. The van der Waals surface area contributed by atoms with Gasteiger partial charge in [0.1, 0.15) is 0 Å². The first kappa shape index (κ1) is 27.6. The lowest BCUT2D eigenvalue weighted by atomic mass is 9.86. The fourth-order valence-electron chi connectivity index (χ4n) is 5.54. The zero-order valence-electron chi connectivity index (χ0n) is 21.0. The van der Waals surface area contributed by atoms with Gasteiger partial charge in [0, 0.05) is 43.2 Å². The van der Waals surface area contributed by atoms with E-state index < -0.39 is 6.09 Å². The van der Waals surface area contributed by atoms with Gasteiger partial charge in [-0.2, -0.15) is 0 Å². The molecule has 0 bridgehead atoms. The van der Waals surface area contributed by atoms with Crippen molar-refractivity contribution in [3.63, 3.8) is 0 Å². The Morgan fingerprint density at radius 3 is 2.71 bits per heavy atom. The van der Waals surface area contributed by atoms with Crippen LogP contribution in [0, 0.1) is 18.8 Å². The average Bonchev–Trinajstić information content (AvgIpc) is 3.34. The quantitative estimate of drug-likeness (QED) is 0.328. The lowest BCUT2D eigenvalue weighted by molar-refractivity contribution is -0.00884. The molecule has 1 saturated carbocycles. The molecule has 0 radical (unpaired) electrons. The standard InChI is InChI=1S/C26H41ClN4O4/c1-18-9-10-21(27)15-23(18)24(35-13-11-29-26(33)34)20-8-5-12-31(17-20)25(32)30-22(16-28-2)14-19-6-3-4-7-19/h9-10,15,19-20,22,24,28-29H,3-8,11-14,16-17H2,1-2H3,(H,30,32)(H,33,34)/t20-,22+,24-/m1/s1. The Kier molecular flexibility index (Phi) is 10.9. The molecule has 1 aromatic carbocycles. The molecule has 0 spiro atoms. The number of urea groups is 1. The summed E-state index contributed by atoms with van der Waals surface area (Å²) in [6, 6.07) is 5.87. The summed E-state index contributed by atoms with van der Waals surface area (Å²) in [7, 11) is 1.93. The number of carbonyl (C=O) groups is 2. The maximum atomic E-state index is 13.3. The maximum Gasteiger partial charge on any atom is 0.404 e. The number of hydrogen-bond acceptors (Lipinski definition) is 4. The van der Waals surface area contributed by atoms with Crippen LogP contribution in [0.15, 0.2) is 18.2 Å². The summed E-state index contributed by atoms with van der Waals surface area (Å²) in [5.41, 5.74) is 2.06. The van der Waals surface area contributed by atoms with Crippen LogP contribution in [0.25, 0.3) is 0 Å². The van der Waals surface area contributed by atoms with Crippen molar-refractivity contribution in [2.45, 2.75) is 64.0 Å². The maximum absolute atomic E-state index is 13.3. The molecular weight excluding hydrogens is 468 g/mol. The first-order chi connectivity index (χ1) is 16.9. The average molecular weight is 509 g/mol. The summed E-state index contributed by atoms with van der Waals surface area (Å²) in [4.78, 5) is 26.0. The molecule has 196 valence electrons. The number of likely N-dealkylation sites (tertiary alicyclic amines) is 1. The van der Waals surface area contributed by atoms with E-state index in [4.69, 9.17) is 21.4 Å². The Bertz CT molecular complexity index is 834. The summed E-state index contributed by atoms with van der Waals surface area (Å²) >= 11 is 6.31. The molecule has 2 fully saturated rings. The molecule has 1 aliphatic carbocycles. The van der Waals surface area contributed by atoms with Crippen LogP contribution in [0.1, 0.15) is 62.2 Å². The molecule has 1 aliphatic heterocycles. The van der Waals surface area contributed by atoms with Crippen molar-refractivity contribution in [2.24, 2.45) is 11.8 Å². The molecule has 35 heavy (non-hydrogen) atoms. The van der Waals surface area contributed by atoms with Crippen LogP contribution in [0.4, 0.5) is 9.59 Å². The van der Waals surface area contributed by atoms with Crippen LogP contribution in [0.5, 0.6) is 0 Å². The Morgan fingerprint density at radius 2 is 2.00 bits per heavy atom. The molecule has 3 amide bonds. The molecule has 1 heterocycles. The van der Waals surface area contributed by atoms with Crippen LogP contribution in [0.2, 0.25) is 5.02 Å². The van der Waals surface area contributed by atoms with E-state index in [2.05, 4.69) is 16.0 Å². The molecule has 0 unspecified atom stereocenters. The number of carboxylic acid groups (broad SMARTS) is 1. The SMILES string of the molecule is CNC[C@H](CC1CCCC1)NC(=O)N1CCC[C@@H]([C@@H](OCCNC(=O)O)c2cc(Cl)ccc2C)C1. The third kappa shape index (κ3) is 8.54. The minimum atomic E-state index is -1.07. The molecule has 1 aromatic rings. The Morgan fingerprint density at radius 1 is 1.23 bits per heavy atom. The van der Waals surface area contributed by atoms with Crippen molar-refractivity contribution in [2.75, 3.05) is 39.8 Å². The highest BCUT2D eigenvalue weighted by molar-refractivity contribution is 6.30. The predicted molar refractivity (Wildman–Crippen MR) is 138 cm³/mol. The number of piperidine rings is 1. The van der Waals surface area contributed by atoms with Crippen LogP contribution in [0.3, 0.4) is 0 Å². The highest BCUT2D eigenvalue weighted by Crippen LogP contribution is 2.36. The van der Waals surface area contributed by atoms with E-state index >= 15 is 0 Å². The van der Waals surface area contributed by atoms with E-state index in [0.29, 0.717) is 17.5 Å². The largest absolute Gasteiger partial charge is 0.465 e. The molecular formula is C26H41ClN4O4. The minimum Gasteiger partial charge on any atom is -0.465 e. The van der Waals surface area contributed by atoms with Gasteiger partial charge in [0.2, 0.25) is 0 Å². The van der Waals surface area contributed by atoms with Gasteiger partial charge in [-0.1, -0.05) is 43.4 Å². The van der Waals surface area contributed by atoms with E-state index in [0.717, 1.165) is 43.5 Å². The van der Waals surface area contributed by atoms with Gasteiger partial charge in [-0.05, 0) is 62.4 Å². The minimum absolute atomic E-state index is 0.0120. The van der Waals surface area contributed by atoms with Gasteiger partial charge < -0.3 is 30.7 Å². The van der Waals surface area contributed by atoms with Crippen molar-refractivity contribution in [1.82, 2.24) is 20.9 Å². The monoisotopic (exact) mass is 508 g/mol. The molecule has 0 aromatic heterocycles. The molecule has 2 aliphatic rings. The Balaban J connectivity index is 1.67. The van der Waals surface area contributed by atoms with Gasteiger partial charge in [-0.3, -0.25) is 0 Å². The van der Waals surface area contributed by atoms with Gasteiger partial charge in [0.05, 0.1) is 12.7 Å². The normalized spacial score (nSPS) is 20.4. The first-order valence-corrected chi connectivity index (χ1v) is 13.3. The van der Waals surface area contributed by atoms with Crippen molar-refractivity contribution in [1.29, 1.82) is 0 Å². The fourth-order valence-corrected chi connectivity index (χ4v) is 5.72. The third-order valence-corrected chi connectivity index (χ3v) is 7.50. The van der Waals surface area contributed by atoms with Crippen LogP contribution in [-0.2, 0) is 4.74 Å². The molecule has 1 saturated heterocycles. The number of hydrogen-bond donors (Lipinski definition) is 4. The van der Waals surface area contributed by atoms with Crippen LogP contribution in [-0.4, -0.2) is 68.0 Å². The molecule has 3 atom stereocenters. The third-order valence-electron chi connectivity index (χ3n) is 7.27. The number of ether oxygens (including phenoxy) is 1. The number of halogens is 1. The van der Waals surface area contributed by atoms with E-state index in [1.165, 1.54) is 25.7 Å². The number of amides is 3. The van der Waals surface area contributed by atoms with Crippen molar-refractivity contribution in [3.8, 4) is 0 Å². The molecule has 9 heteroatoms. The summed E-state index contributed by atoms with van der Waals surface area (Å²) in [5.74, 6) is 0.792. The fraction of sp³-hybridized carbons (Fsp3) is 0.692. The van der Waals surface area contributed by atoms with E-state index in [-0.39, 0.29) is 37.2 Å². The lowest BCUT2D eigenvalue weighted by Crippen LogP contribution is -2.51. The van der Waals surface area contributed by atoms with Crippen molar-refractivity contribution >= 4 is 23.7 Å². The van der Waals surface area contributed by atoms with Crippen LogP contribution < -0.4 is 16.0 Å². The first-order valence-electron chi connectivity index (χ1n) is 12.9. The number of nitrogens with zero attached hydrogens (tertiary/aromatic N) is 1. The number of benzene rings is 1. The van der Waals surface area contributed by atoms with E-state index in [9.17, 15) is 9.59 Å². The summed E-state index contributed by atoms with van der Waals surface area (Å²) in [5, 5.41) is 18.4. The number of rotatable bonds is 11.